The molecule has 2 nitrogen and oxygen atoms in total. The van der Waals surface area contributed by atoms with Gasteiger partial charge in [-0.2, -0.15) is 0 Å². The Hall–Kier alpha value is -1.25. The predicted molar refractivity (Wildman–Crippen MR) is 68.8 cm³/mol. The third-order valence-corrected chi connectivity index (χ3v) is 3.02. The van der Waals surface area contributed by atoms with Crippen LogP contribution < -0.4 is 4.90 Å². The molecule has 0 bridgehead atoms. The minimum Gasteiger partial charge on any atom is -0.329 e. The Labute approximate surface area is 104 Å². The SMILES string of the molecule is CN(c1ccc(Cl)c(Cl)c1)c1ccccn1. The lowest BCUT2D eigenvalue weighted by Crippen LogP contribution is -2.10. The van der Waals surface area contributed by atoms with Crippen LogP contribution in [0.1, 0.15) is 0 Å². The molecule has 0 saturated heterocycles. The molecule has 0 amide bonds. The van der Waals surface area contributed by atoms with Gasteiger partial charge in [-0.1, -0.05) is 29.3 Å². The maximum absolute atomic E-state index is 5.97. The lowest BCUT2D eigenvalue weighted by Gasteiger charge is -2.18. The molecule has 0 aliphatic rings. The summed E-state index contributed by atoms with van der Waals surface area (Å²) < 4.78 is 0. The molecule has 82 valence electrons. The number of rotatable bonds is 2. The van der Waals surface area contributed by atoms with Crippen LogP contribution in [0.25, 0.3) is 0 Å². The lowest BCUT2D eigenvalue weighted by atomic mass is 10.3. The van der Waals surface area contributed by atoms with Gasteiger partial charge in [0.2, 0.25) is 0 Å². The Bertz CT molecular complexity index is 486. The molecule has 0 unspecified atom stereocenters. The van der Waals surface area contributed by atoms with Crippen LogP contribution in [0.3, 0.4) is 0 Å². The monoisotopic (exact) mass is 252 g/mol. The highest BCUT2D eigenvalue weighted by molar-refractivity contribution is 6.42. The molecule has 16 heavy (non-hydrogen) atoms. The first-order chi connectivity index (χ1) is 7.68. The minimum atomic E-state index is 0.543. The number of aromatic nitrogens is 1. The van der Waals surface area contributed by atoms with Gasteiger partial charge in [0, 0.05) is 18.9 Å². The summed E-state index contributed by atoms with van der Waals surface area (Å²) >= 11 is 11.8. The average molecular weight is 253 g/mol. The molecule has 0 spiro atoms. The van der Waals surface area contributed by atoms with E-state index in [9.17, 15) is 0 Å². The van der Waals surface area contributed by atoms with Crippen molar-refractivity contribution in [3.63, 3.8) is 0 Å². The number of halogens is 2. The summed E-state index contributed by atoms with van der Waals surface area (Å²) in [6, 6.07) is 11.3. The van der Waals surface area contributed by atoms with E-state index in [-0.39, 0.29) is 0 Å². The van der Waals surface area contributed by atoms with Crippen molar-refractivity contribution in [3.8, 4) is 0 Å². The van der Waals surface area contributed by atoms with E-state index >= 15 is 0 Å². The van der Waals surface area contributed by atoms with Crippen molar-refractivity contribution in [1.82, 2.24) is 4.98 Å². The molecular formula is C12H10Cl2N2. The molecule has 0 atom stereocenters. The van der Waals surface area contributed by atoms with Crippen molar-refractivity contribution in [1.29, 1.82) is 0 Å². The second-order valence-corrected chi connectivity index (χ2v) is 4.16. The zero-order valence-corrected chi connectivity index (χ0v) is 10.2. The van der Waals surface area contributed by atoms with Crippen LogP contribution in [-0.2, 0) is 0 Å². The zero-order chi connectivity index (χ0) is 11.5. The number of anilines is 2. The molecule has 0 aliphatic carbocycles. The van der Waals surface area contributed by atoms with E-state index in [0.29, 0.717) is 10.0 Å². The first-order valence-electron chi connectivity index (χ1n) is 4.78. The van der Waals surface area contributed by atoms with E-state index in [4.69, 9.17) is 23.2 Å². The Morgan fingerprint density at radius 1 is 1.06 bits per heavy atom. The third kappa shape index (κ3) is 2.29. The lowest BCUT2D eigenvalue weighted by molar-refractivity contribution is 1.13. The predicted octanol–water partition coefficient (Wildman–Crippen LogP) is 4.16. The number of hydrogen-bond acceptors (Lipinski definition) is 2. The fourth-order valence-electron chi connectivity index (χ4n) is 1.38. The highest BCUT2D eigenvalue weighted by atomic mass is 35.5. The quantitative estimate of drug-likeness (QED) is 0.798. The summed E-state index contributed by atoms with van der Waals surface area (Å²) in [5.74, 6) is 0.862. The van der Waals surface area contributed by atoms with Gasteiger partial charge < -0.3 is 4.90 Å². The van der Waals surface area contributed by atoms with Gasteiger partial charge in [0.05, 0.1) is 10.0 Å². The molecule has 2 rings (SSSR count). The fourth-order valence-corrected chi connectivity index (χ4v) is 1.67. The van der Waals surface area contributed by atoms with E-state index in [2.05, 4.69) is 4.98 Å². The van der Waals surface area contributed by atoms with Gasteiger partial charge in [-0.05, 0) is 30.3 Å². The first kappa shape index (κ1) is 11.2. The van der Waals surface area contributed by atoms with Crippen molar-refractivity contribution >= 4 is 34.7 Å². The molecule has 1 aromatic carbocycles. The van der Waals surface area contributed by atoms with E-state index in [0.717, 1.165) is 11.5 Å². The summed E-state index contributed by atoms with van der Waals surface area (Å²) in [5.41, 5.74) is 0.952. The largest absolute Gasteiger partial charge is 0.329 e. The molecule has 0 aliphatic heterocycles. The summed E-state index contributed by atoms with van der Waals surface area (Å²) in [4.78, 5) is 6.20. The first-order valence-corrected chi connectivity index (χ1v) is 5.54. The van der Waals surface area contributed by atoms with Crippen molar-refractivity contribution < 1.29 is 0 Å². The van der Waals surface area contributed by atoms with E-state index < -0.39 is 0 Å². The van der Waals surface area contributed by atoms with E-state index in [1.807, 2.05) is 42.3 Å². The van der Waals surface area contributed by atoms with Crippen LogP contribution in [-0.4, -0.2) is 12.0 Å². The summed E-state index contributed by atoms with van der Waals surface area (Å²) in [7, 11) is 1.93. The fraction of sp³-hybridized carbons (Fsp3) is 0.0833. The van der Waals surface area contributed by atoms with Gasteiger partial charge in [0.25, 0.3) is 0 Å². The van der Waals surface area contributed by atoms with Crippen LogP contribution in [0.4, 0.5) is 11.5 Å². The number of benzene rings is 1. The van der Waals surface area contributed by atoms with Crippen LogP contribution in [0.5, 0.6) is 0 Å². The van der Waals surface area contributed by atoms with Crippen LogP contribution in [0.15, 0.2) is 42.6 Å². The standard InChI is InChI=1S/C12H10Cl2N2/c1-16(12-4-2-3-7-15-12)9-5-6-10(13)11(14)8-9/h2-8H,1H3. The molecule has 0 radical (unpaired) electrons. The third-order valence-electron chi connectivity index (χ3n) is 2.28. The van der Waals surface area contributed by atoms with Gasteiger partial charge in [-0.3, -0.25) is 0 Å². The van der Waals surface area contributed by atoms with Crippen molar-refractivity contribution in [2.24, 2.45) is 0 Å². The highest BCUT2D eigenvalue weighted by Gasteiger charge is 2.06. The van der Waals surface area contributed by atoms with E-state index in [1.54, 1.807) is 12.3 Å². The highest BCUT2D eigenvalue weighted by Crippen LogP contribution is 2.29. The smallest absolute Gasteiger partial charge is 0.132 e. The summed E-state index contributed by atoms with van der Waals surface area (Å²) in [6.07, 6.45) is 1.75. The number of nitrogens with zero attached hydrogens (tertiary/aromatic N) is 2. The molecular weight excluding hydrogens is 243 g/mol. The van der Waals surface area contributed by atoms with Crippen LogP contribution >= 0.6 is 23.2 Å². The second-order valence-electron chi connectivity index (χ2n) is 3.35. The Kier molecular flexibility index (Phi) is 3.32. The maximum atomic E-state index is 5.97. The number of pyridine rings is 1. The topological polar surface area (TPSA) is 16.1 Å². The molecule has 4 heteroatoms. The van der Waals surface area contributed by atoms with Crippen LogP contribution in [0.2, 0.25) is 10.0 Å². The second kappa shape index (κ2) is 4.73. The molecule has 2 aromatic rings. The van der Waals surface area contributed by atoms with E-state index in [1.165, 1.54) is 0 Å². The van der Waals surface area contributed by atoms with Crippen molar-refractivity contribution in [2.45, 2.75) is 0 Å². The van der Waals surface area contributed by atoms with Crippen molar-refractivity contribution in [3.05, 3.63) is 52.6 Å². The van der Waals surface area contributed by atoms with Gasteiger partial charge in [0.15, 0.2) is 0 Å². The number of hydrogen-bond donors (Lipinski definition) is 0. The Morgan fingerprint density at radius 2 is 1.88 bits per heavy atom. The molecule has 0 fully saturated rings. The molecule has 0 saturated carbocycles. The normalized spacial score (nSPS) is 10.2. The average Bonchev–Trinajstić information content (AvgIpc) is 2.33. The zero-order valence-electron chi connectivity index (χ0n) is 8.69. The van der Waals surface area contributed by atoms with Gasteiger partial charge in [0.1, 0.15) is 5.82 Å². The van der Waals surface area contributed by atoms with Crippen LogP contribution in [0, 0.1) is 0 Å². The van der Waals surface area contributed by atoms with Gasteiger partial charge in [-0.25, -0.2) is 4.98 Å². The van der Waals surface area contributed by atoms with Crippen molar-refractivity contribution in [2.75, 3.05) is 11.9 Å². The molecule has 0 N–H and O–H groups in total. The summed E-state index contributed by atoms with van der Waals surface area (Å²) in [6.45, 7) is 0. The Morgan fingerprint density at radius 3 is 2.50 bits per heavy atom. The molecule has 1 heterocycles. The molecule has 1 aromatic heterocycles. The Balaban J connectivity index is 2.34. The minimum absolute atomic E-state index is 0.543. The van der Waals surface area contributed by atoms with Gasteiger partial charge >= 0.3 is 0 Å². The maximum Gasteiger partial charge on any atom is 0.132 e. The summed E-state index contributed by atoms with van der Waals surface area (Å²) in [5, 5.41) is 1.10. The van der Waals surface area contributed by atoms with Gasteiger partial charge in [-0.15, -0.1) is 0 Å².